The lowest BCUT2D eigenvalue weighted by Gasteiger charge is -2.20. The summed E-state index contributed by atoms with van der Waals surface area (Å²) in [6, 6.07) is 17.8. The van der Waals surface area contributed by atoms with Crippen LogP contribution in [0.15, 0.2) is 70.5 Å². The molecule has 0 saturated heterocycles. The number of hydrogen-bond donors (Lipinski definition) is 1. The molecule has 0 aliphatic heterocycles. The molecule has 4 aromatic rings. The van der Waals surface area contributed by atoms with Gasteiger partial charge in [0.1, 0.15) is 0 Å². The lowest BCUT2D eigenvalue weighted by molar-refractivity contribution is 0.0714. The molecule has 1 saturated carbocycles. The van der Waals surface area contributed by atoms with Crippen LogP contribution < -0.4 is 5.32 Å². The largest absolute Gasteiger partial charge is 0.419 e. The van der Waals surface area contributed by atoms with E-state index in [1.807, 2.05) is 23.6 Å². The van der Waals surface area contributed by atoms with Gasteiger partial charge in [-0.2, -0.15) is 0 Å². The second kappa shape index (κ2) is 9.17. The number of amides is 2. The van der Waals surface area contributed by atoms with Crippen LogP contribution in [0.1, 0.15) is 38.8 Å². The van der Waals surface area contributed by atoms with E-state index < -0.39 is 0 Å². The minimum absolute atomic E-state index is 0.111. The molecular weight excluding hydrogens is 460 g/mol. The van der Waals surface area contributed by atoms with Gasteiger partial charge in [-0.25, -0.2) is 0 Å². The van der Waals surface area contributed by atoms with Crippen molar-refractivity contribution in [3.8, 4) is 11.5 Å². The topological polar surface area (TPSA) is 88.3 Å². The second-order valence-electron chi connectivity index (χ2n) is 7.68. The van der Waals surface area contributed by atoms with Crippen molar-refractivity contribution in [3.63, 3.8) is 0 Å². The first-order valence-corrected chi connectivity index (χ1v) is 11.7. The standard InChI is InChI=1S/C24H19ClN4O3S/c25-17-7-3-15(4-8-17)23-28-27-21(32-23)14-29(19-11-12-19)24(31)16-5-9-18(10-6-16)26-22(30)20-2-1-13-33-20/h1-10,13,19H,11-12,14H2,(H,26,30). The highest BCUT2D eigenvalue weighted by Crippen LogP contribution is 2.30. The number of carbonyl (C=O) groups is 2. The Kier molecular flexibility index (Phi) is 5.93. The van der Waals surface area contributed by atoms with Crippen molar-refractivity contribution >= 4 is 40.4 Å². The van der Waals surface area contributed by atoms with Gasteiger partial charge in [0.05, 0.1) is 11.4 Å². The molecule has 1 aliphatic rings. The summed E-state index contributed by atoms with van der Waals surface area (Å²) in [6.07, 6.45) is 1.89. The maximum atomic E-state index is 13.2. The van der Waals surface area contributed by atoms with Crippen LogP contribution in [0.25, 0.3) is 11.5 Å². The fourth-order valence-electron chi connectivity index (χ4n) is 3.39. The molecule has 0 unspecified atom stereocenters. The third kappa shape index (κ3) is 4.97. The Hall–Kier alpha value is -3.49. The van der Waals surface area contributed by atoms with Crippen LogP contribution in [0.2, 0.25) is 5.02 Å². The molecule has 7 nitrogen and oxygen atoms in total. The summed E-state index contributed by atoms with van der Waals surface area (Å²) < 4.78 is 5.80. The highest BCUT2D eigenvalue weighted by Gasteiger charge is 2.34. The van der Waals surface area contributed by atoms with Gasteiger partial charge in [-0.3, -0.25) is 9.59 Å². The van der Waals surface area contributed by atoms with Gasteiger partial charge in [0.15, 0.2) is 0 Å². The molecule has 1 aliphatic carbocycles. The predicted octanol–water partition coefficient (Wildman–Crippen LogP) is 5.51. The van der Waals surface area contributed by atoms with Crippen LogP contribution in [0.3, 0.4) is 0 Å². The minimum atomic E-state index is -0.170. The normalized spacial score (nSPS) is 13.0. The number of aromatic nitrogens is 2. The number of anilines is 1. The molecule has 2 amide bonds. The maximum Gasteiger partial charge on any atom is 0.265 e. The van der Waals surface area contributed by atoms with Crippen LogP contribution in [0.4, 0.5) is 5.69 Å². The zero-order chi connectivity index (χ0) is 22.8. The van der Waals surface area contributed by atoms with Gasteiger partial charge >= 0.3 is 0 Å². The van der Waals surface area contributed by atoms with E-state index >= 15 is 0 Å². The fourth-order valence-corrected chi connectivity index (χ4v) is 4.13. The van der Waals surface area contributed by atoms with Crippen molar-refractivity contribution in [2.75, 3.05) is 5.32 Å². The van der Waals surface area contributed by atoms with Crippen LogP contribution >= 0.6 is 22.9 Å². The minimum Gasteiger partial charge on any atom is -0.419 e. The zero-order valence-electron chi connectivity index (χ0n) is 17.4. The third-order valence-electron chi connectivity index (χ3n) is 5.25. The molecule has 1 N–H and O–H groups in total. The smallest absolute Gasteiger partial charge is 0.265 e. The van der Waals surface area contributed by atoms with Gasteiger partial charge in [-0.1, -0.05) is 17.7 Å². The SMILES string of the molecule is O=C(Nc1ccc(C(=O)N(Cc2nnc(-c3ccc(Cl)cc3)o2)C2CC2)cc1)c1cccs1. The summed E-state index contributed by atoms with van der Waals surface area (Å²) in [7, 11) is 0. The van der Waals surface area contributed by atoms with E-state index in [1.54, 1.807) is 47.4 Å². The first-order chi connectivity index (χ1) is 16.1. The Morgan fingerprint density at radius 3 is 2.48 bits per heavy atom. The number of hydrogen-bond acceptors (Lipinski definition) is 6. The number of halogens is 1. The molecule has 2 aromatic carbocycles. The lowest BCUT2D eigenvalue weighted by atomic mass is 10.1. The summed E-state index contributed by atoms with van der Waals surface area (Å²) >= 11 is 7.31. The highest BCUT2D eigenvalue weighted by molar-refractivity contribution is 7.12. The molecule has 33 heavy (non-hydrogen) atoms. The molecule has 0 atom stereocenters. The van der Waals surface area contributed by atoms with Gasteiger partial charge in [0.25, 0.3) is 11.8 Å². The average molecular weight is 479 g/mol. The van der Waals surface area contributed by atoms with Crippen molar-refractivity contribution in [1.29, 1.82) is 0 Å². The van der Waals surface area contributed by atoms with E-state index in [0.717, 1.165) is 18.4 Å². The quantitative estimate of drug-likeness (QED) is 0.378. The van der Waals surface area contributed by atoms with Gasteiger partial charge in [-0.15, -0.1) is 21.5 Å². The molecule has 0 bridgehead atoms. The molecule has 166 valence electrons. The van der Waals surface area contributed by atoms with Gasteiger partial charge in [0, 0.05) is 27.9 Å². The van der Waals surface area contributed by atoms with Crippen molar-refractivity contribution in [2.45, 2.75) is 25.4 Å². The number of nitrogens with zero attached hydrogens (tertiary/aromatic N) is 3. The van der Waals surface area contributed by atoms with Crippen molar-refractivity contribution in [2.24, 2.45) is 0 Å². The van der Waals surface area contributed by atoms with E-state index in [4.69, 9.17) is 16.0 Å². The Labute approximate surface area is 199 Å². The molecule has 5 rings (SSSR count). The van der Waals surface area contributed by atoms with E-state index in [0.29, 0.717) is 32.9 Å². The zero-order valence-corrected chi connectivity index (χ0v) is 19.0. The summed E-state index contributed by atoms with van der Waals surface area (Å²) in [5, 5.41) is 13.5. The fraction of sp³-hybridized carbons (Fsp3) is 0.167. The highest BCUT2D eigenvalue weighted by atomic mass is 35.5. The predicted molar refractivity (Wildman–Crippen MR) is 126 cm³/mol. The van der Waals surface area contributed by atoms with Crippen LogP contribution in [-0.4, -0.2) is 33.0 Å². The van der Waals surface area contributed by atoms with Crippen LogP contribution in [0.5, 0.6) is 0 Å². The number of benzene rings is 2. The molecular formula is C24H19ClN4O3S. The molecule has 1 fully saturated rings. The number of carbonyl (C=O) groups excluding carboxylic acids is 2. The molecule has 9 heteroatoms. The molecule has 0 spiro atoms. The Morgan fingerprint density at radius 1 is 1.06 bits per heavy atom. The van der Waals surface area contributed by atoms with E-state index in [9.17, 15) is 9.59 Å². The van der Waals surface area contributed by atoms with Crippen LogP contribution in [0, 0.1) is 0 Å². The lowest BCUT2D eigenvalue weighted by Crippen LogP contribution is -2.32. The Morgan fingerprint density at radius 2 is 1.82 bits per heavy atom. The summed E-state index contributed by atoms with van der Waals surface area (Å²) in [5.74, 6) is 0.479. The van der Waals surface area contributed by atoms with Crippen LogP contribution in [-0.2, 0) is 6.54 Å². The number of rotatable bonds is 7. The monoisotopic (exact) mass is 478 g/mol. The number of nitrogens with one attached hydrogen (secondary N) is 1. The van der Waals surface area contributed by atoms with Gasteiger partial charge < -0.3 is 14.6 Å². The number of thiophene rings is 1. The van der Waals surface area contributed by atoms with Crippen molar-refractivity contribution in [3.05, 3.63) is 87.4 Å². The second-order valence-corrected chi connectivity index (χ2v) is 9.06. The van der Waals surface area contributed by atoms with Gasteiger partial charge in [0.2, 0.25) is 11.8 Å². The van der Waals surface area contributed by atoms with E-state index in [2.05, 4.69) is 15.5 Å². The molecule has 2 heterocycles. The Balaban J connectivity index is 1.27. The molecule has 0 radical (unpaired) electrons. The van der Waals surface area contributed by atoms with Crippen molar-refractivity contribution in [1.82, 2.24) is 15.1 Å². The van der Waals surface area contributed by atoms with Crippen molar-refractivity contribution < 1.29 is 14.0 Å². The van der Waals surface area contributed by atoms with Gasteiger partial charge in [-0.05, 0) is 72.8 Å². The average Bonchev–Trinajstić information content (AvgIpc) is 3.31. The molecule has 2 aromatic heterocycles. The summed E-state index contributed by atoms with van der Waals surface area (Å²) in [4.78, 5) is 27.8. The van der Waals surface area contributed by atoms with E-state index in [1.165, 1.54) is 11.3 Å². The summed E-state index contributed by atoms with van der Waals surface area (Å²) in [5.41, 5.74) is 1.93. The first kappa shape index (κ1) is 21.4. The first-order valence-electron chi connectivity index (χ1n) is 10.4. The summed E-state index contributed by atoms with van der Waals surface area (Å²) in [6.45, 7) is 0.237. The maximum absolute atomic E-state index is 13.2. The third-order valence-corrected chi connectivity index (χ3v) is 6.37. The Bertz CT molecular complexity index is 1270. The van der Waals surface area contributed by atoms with E-state index in [-0.39, 0.29) is 24.4 Å².